The van der Waals surface area contributed by atoms with Gasteiger partial charge in [-0.15, -0.1) is 0 Å². The average molecular weight is 318 g/mol. The summed E-state index contributed by atoms with van der Waals surface area (Å²) in [5, 5.41) is 11.1. The number of esters is 1. The van der Waals surface area contributed by atoms with Gasteiger partial charge in [-0.05, 0) is 55.2 Å². The first-order valence-electron chi connectivity index (χ1n) is 7.31. The maximum absolute atomic E-state index is 13.2. The molecule has 1 aliphatic rings. The molecule has 2 aromatic carbocycles. The van der Waals surface area contributed by atoms with E-state index < -0.39 is 28.8 Å². The Bertz CT molecular complexity index is 673. The predicted octanol–water partition coefficient (Wildman–Crippen LogP) is 3.30. The van der Waals surface area contributed by atoms with Crippen LogP contribution in [0.2, 0.25) is 0 Å². The zero-order valence-electron chi connectivity index (χ0n) is 12.6. The minimum absolute atomic E-state index is 0.166. The lowest BCUT2D eigenvalue weighted by Crippen LogP contribution is -2.40. The van der Waals surface area contributed by atoms with Crippen molar-refractivity contribution in [1.29, 1.82) is 0 Å². The van der Waals surface area contributed by atoms with Crippen LogP contribution in [0.5, 0.6) is 0 Å². The smallest absolute Gasteiger partial charge is 0.348 e. The van der Waals surface area contributed by atoms with Gasteiger partial charge in [0.2, 0.25) is 5.60 Å². The van der Waals surface area contributed by atoms with Crippen LogP contribution in [-0.4, -0.2) is 16.7 Å². The molecule has 0 unspecified atom stereocenters. The van der Waals surface area contributed by atoms with Crippen molar-refractivity contribution < 1.29 is 23.4 Å². The molecule has 0 spiro atoms. The van der Waals surface area contributed by atoms with Crippen molar-refractivity contribution in [3.05, 3.63) is 71.3 Å². The lowest BCUT2D eigenvalue weighted by Gasteiger charge is -2.28. The molecule has 0 heterocycles. The van der Waals surface area contributed by atoms with Gasteiger partial charge in [-0.2, -0.15) is 0 Å². The quantitative estimate of drug-likeness (QED) is 0.880. The van der Waals surface area contributed by atoms with Gasteiger partial charge in [0.05, 0.1) is 0 Å². The lowest BCUT2D eigenvalue weighted by atomic mass is 9.86. The zero-order chi connectivity index (χ0) is 16.7. The minimum Gasteiger partial charge on any atom is -0.457 e. The Hall–Kier alpha value is -2.27. The first-order valence-corrected chi connectivity index (χ1v) is 7.31. The summed E-state index contributed by atoms with van der Waals surface area (Å²) in [4.78, 5) is 12.6. The average Bonchev–Trinajstić information content (AvgIpc) is 3.25. The van der Waals surface area contributed by atoms with E-state index in [4.69, 9.17) is 4.74 Å². The van der Waals surface area contributed by atoms with Gasteiger partial charge in [0.25, 0.3) is 0 Å². The van der Waals surface area contributed by atoms with Crippen LogP contribution in [0.15, 0.2) is 48.5 Å². The molecule has 2 aromatic rings. The molecule has 23 heavy (non-hydrogen) atoms. The van der Waals surface area contributed by atoms with Crippen LogP contribution in [0, 0.1) is 11.6 Å². The van der Waals surface area contributed by atoms with Crippen LogP contribution in [0.4, 0.5) is 8.78 Å². The highest BCUT2D eigenvalue weighted by Crippen LogP contribution is 2.42. The number of ether oxygens (including phenoxy) is 1. The molecule has 1 saturated carbocycles. The van der Waals surface area contributed by atoms with Crippen LogP contribution in [0.1, 0.15) is 30.9 Å². The van der Waals surface area contributed by atoms with Crippen LogP contribution in [0.25, 0.3) is 0 Å². The summed E-state index contributed by atoms with van der Waals surface area (Å²) in [5.41, 5.74) is -2.36. The van der Waals surface area contributed by atoms with E-state index in [1.165, 1.54) is 24.3 Å². The highest BCUT2D eigenvalue weighted by atomic mass is 19.1. The molecule has 3 rings (SSSR count). The molecule has 0 atom stereocenters. The second-order valence-corrected chi connectivity index (χ2v) is 6.06. The molecule has 1 N–H and O–H groups in total. The minimum atomic E-state index is -2.12. The van der Waals surface area contributed by atoms with Gasteiger partial charge in [-0.25, -0.2) is 13.6 Å². The molecule has 1 fully saturated rings. The van der Waals surface area contributed by atoms with E-state index >= 15 is 0 Å². The molecule has 3 nitrogen and oxygen atoms in total. The van der Waals surface area contributed by atoms with Crippen LogP contribution in [-0.2, 0) is 15.1 Å². The monoisotopic (exact) mass is 318 g/mol. The third kappa shape index (κ3) is 2.97. The highest BCUT2D eigenvalue weighted by Gasteiger charge is 2.49. The van der Waals surface area contributed by atoms with Gasteiger partial charge < -0.3 is 9.84 Å². The van der Waals surface area contributed by atoms with E-state index in [-0.39, 0.29) is 11.1 Å². The molecule has 0 saturated heterocycles. The van der Waals surface area contributed by atoms with Gasteiger partial charge in [0.1, 0.15) is 17.2 Å². The summed E-state index contributed by atoms with van der Waals surface area (Å²) in [5.74, 6) is -1.83. The third-order valence-corrected chi connectivity index (χ3v) is 4.11. The lowest BCUT2D eigenvalue weighted by molar-refractivity contribution is -0.169. The van der Waals surface area contributed by atoms with Gasteiger partial charge in [0, 0.05) is 0 Å². The SMILES string of the molecule is CC1(OC(=O)C(O)(c2ccc(F)cc2)c2ccc(F)cc2)CC1. The highest BCUT2D eigenvalue weighted by molar-refractivity contribution is 5.86. The molecular weight excluding hydrogens is 302 g/mol. The second-order valence-electron chi connectivity index (χ2n) is 6.06. The standard InChI is InChI=1S/C18H16F2O3/c1-17(10-11-17)23-16(21)18(22,12-2-6-14(19)7-3-12)13-4-8-15(20)9-5-13/h2-9,22H,10-11H2,1H3. The fourth-order valence-electron chi connectivity index (χ4n) is 2.36. The number of carbonyl (C=O) groups excluding carboxylic acids is 1. The van der Waals surface area contributed by atoms with E-state index in [1.807, 2.05) is 0 Å². The molecule has 120 valence electrons. The van der Waals surface area contributed by atoms with Crippen LogP contribution in [0.3, 0.4) is 0 Å². The fourth-order valence-corrected chi connectivity index (χ4v) is 2.36. The predicted molar refractivity (Wildman–Crippen MR) is 79.5 cm³/mol. The third-order valence-electron chi connectivity index (χ3n) is 4.11. The van der Waals surface area contributed by atoms with Crippen molar-refractivity contribution in [1.82, 2.24) is 0 Å². The summed E-state index contributed by atoms with van der Waals surface area (Å²) < 4.78 is 31.7. The molecular formula is C18H16F2O3. The van der Waals surface area contributed by atoms with Crippen molar-refractivity contribution in [3.63, 3.8) is 0 Å². The number of halogens is 2. The number of carbonyl (C=O) groups is 1. The fraction of sp³-hybridized carbons (Fsp3) is 0.278. The van der Waals surface area contributed by atoms with Gasteiger partial charge in [-0.1, -0.05) is 24.3 Å². The van der Waals surface area contributed by atoms with E-state index in [2.05, 4.69) is 0 Å². The first kappa shape index (κ1) is 15.6. The van der Waals surface area contributed by atoms with Crippen molar-refractivity contribution in [2.45, 2.75) is 31.0 Å². The summed E-state index contributed by atoms with van der Waals surface area (Å²) in [6.07, 6.45) is 1.45. The Morgan fingerprint density at radius 3 is 1.74 bits per heavy atom. The van der Waals surface area contributed by atoms with E-state index in [9.17, 15) is 18.7 Å². The summed E-state index contributed by atoms with van der Waals surface area (Å²) in [6.45, 7) is 1.78. The molecule has 0 aliphatic heterocycles. The largest absolute Gasteiger partial charge is 0.457 e. The van der Waals surface area contributed by atoms with E-state index in [0.29, 0.717) is 0 Å². The Morgan fingerprint density at radius 1 is 1.00 bits per heavy atom. The summed E-state index contributed by atoms with van der Waals surface area (Å²) >= 11 is 0. The van der Waals surface area contributed by atoms with Crippen molar-refractivity contribution in [2.75, 3.05) is 0 Å². The van der Waals surface area contributed by atoms with Crippen LogP contribution >= 0.6 is 0 Å². The number of aliphatic hydroxyl groups is 1. The molecule has 0 amide bonds. The number of hydrogen-bond donors (Lipinski definition) is 1. The normalized spacial score (nSPS) is 16.0. The summed E-state index contributed by atoms with van der Waals surface area (Å²) in [6, 6.07) is 9.85. The molecule has 5 heteroatoms. The molecule has 0 radical (unpaired) electrons. The van der Waals surface area contributed by atoms with Crippen molar-refractivity contribution in [3.8, 4) is 0 Å². The topological polar surface area (TPSA) is 46.5 Å². The van der Waals surface area contributed by atoms with Gasteiger partial charge in [0.15, 0.2) is 0 Å². The van der Waals surface area contributed by atoms with Gasteiger partial charge >= 0.3 is 5.97 Å². The van der Waals surface area contributed by atoms with E-state index in [1.54, 1.807) is 6.92 Å². The van der Waals surface area contributed by atoms with Crippen molar-refractivity contribution >= 4 is 5.97 Å². The van der Waals surface area contributed by atoms with E-state index in [0.717, 1.165) is 37.1 Å². The maximum Gasteiger partial charge on any atom is 0.348 e. The second kappa shape index (κ2) is 5.42. The van der Waals surface area contributed by atoms with Crippen LogP contribution < -0.4 is 0 Å². The maximum atomic E-state index is 13.2. The Balaban J connectivity index is 2.06. The molecule has 0 bridgehead atoms. The van der Waals surface area contributed by atoms with Gasteiger partial charge in [-0.3, -0.25) is 0 Å². The number of hydrogen-bond acceptors (Lipinski definition) is 3. The van der Waals surface area contributed by atoms with Crippen molar-refractivity contribution in [2.24, 2.45) is 0 Å². The molecule has 1 aliphatic carbocycles. The Kier molecular flexibility index (Phi) is 3.68. The first-order chi connectivity index (χ1) is 10.8. The zero-order valence-corrected chi connectivity index (χ0v) is 12.6. The Labute approximate surface area is 132 Å². The number of benzene rings is 2. The number of rotatable bonds is 4. The summed E-state index contributed by atoms with van der Waals surface area (Å²) in [7, 11) is 0. The Morgan fingerprint density at radius 2 is 1.39 bits per heavy atom. The molecule has 0 aromatic heterocycles.